The lowest BCUT2D eigenvalue weighted by molar-refractivity contribution is 0.601. The Morgan fingerprint density at radius 2 is 1.08 bits per heavy atom. The second-order valence-corrected chi connectivity index (χ2v) is 12.5. The summed E-state index contributed by atoms with van der Waals surface area (Å²) in [7, 11) is 0. The Kier molecular flexibility index (Phi) is 5.08. The van der Waals surface area contributed by atoms with E-state index >= 15 is 0 Å². The van der Waals surface area contributed by atoms with Crippen molar-refractivity contribution in [3.8, 4) is 11.1 Å². The van der Waals surface area contributed by atoms with Crippen LogP contribution in [0.25, 0.3) is 65.0 Å². The molecule has 0 bridgehead atoms. The van der Waals surface area contributed by atoms with Crippen LogP contribution in [-0.2, 0) is 11.8 Å². The molecule has 38 heavy (non-hydrogen) atoms. The van der Waals surface area contributed by atoms with Crippen LogP contribution in [0.1, 0.15) is 45.7 Å². The molecule has 0 heterocycles. The second kappa shape index (κ2) is 8.30. The number of hydrogen-bond donors (Lipinski definition) is 0. The molecule has 0 radical (unpaired) electrons. The fraction of sp³-hybridized carbons (Fsp3) is 0.211. The number of fused-ring (bicyclic) bond motifs is 2. The SMILES string of the molecule is CC(C)Cc1cc2ccc3ccc(-c4c5ccccc5c(C(C)(C)C)c5ccccc45)c4ccc(c1)c2c34. The zero-order chi connectivity index (χ0) is 26.2. The van der Waals surface area contributed by atoms with Crippen LogP contribution in [0.15, 0.2) is 97.1 Å². The molecule has 0 aliphatic heterocycles. The third kappa shape index (κ3) is 3.43. The van der Waals surface area contributed by atoms with E-state index in [2.05, 4.69) is 132 Å². The van der Waals surface area contributed by atoms with Crippen molar-refractivity contribution in [2.45, 2.75) is 46.5 Å². The largest absolute Gasteiger partial charge is 0.0625 e. The summed E-state index contributed by atoms with van der Waals surface area (Å²) in [6.07, 6.45) is 1.11. The van der Waals surface area contributed by atoms with Gasteiger partial charge in [-0.2, -0.15) is 0 Å². The van der Waals surface area contributed by atoms with Crippen molar-refractivity contribution in [2.75, 3.05) is 0 Å². The highest BCUT2D eigenvalue weighted by Crippen LogP contribution is 2.47. The first-order valence-corrected chi connectivity index (χ1v) is 14.0. The summed E-state index contributed by atoms with van der Waals surface area (Å²) in [5.41, 5.74) is 5.58. The maximum absolute atomic E-state index is 2.41. The maximum atomic E-state index is 2.41. The average Bonchev–Trinajstić information content (AvgIpc) is 2.89. The van der Waals surface area contributed by atoms with E-state index in [4.69, 9.17) is 0 Å². The van der Waals surface area contributed by atoms with Crippen molar-refractivity contribution in [1.82, 2.24) is 0 Å². The zero-order valence-corrected chi connectivity index (χ0v) is 23.0. The predicted octanol–water partition coefficient (Wildman–Crippen LogP) is 11.1. The van der Waals surface area contributed by atoms with Gasteiger partial charge in [0.25, 0.3) is 0 Å². The topological polar surface area (TPSA) is 0 Å². The molecule has 0 aliphatic rings. The summed E-state index contributed by atoms with van der Waals surface area (Å²) in [6, 6.07) is 36.9. The third-order valence-corrected chi connectivity index (χ3v) is 8.25. The molecule has 186 valence electrons. The minimum Gasteiger partial charge on any atom is -0.0625 e. The Morgan fingerprint density at radius 3 is 1.66 bits per heavy atom. The first kappa shape index (κ1) is 23.2. The molecule has 0 nitrogen and oxygen atoms in total. The van der Waals surface area contributed by atoms with E-state index in [1.54, 1.807) is 0 Å². The van der Waals surface area contributed by atoms with E-state index in [9.17, 15) is 0 Å². The van der Waals surface area contributed by atoms with E-state index in [1.807, 2.05) is 0 Å². The Hall–Kier alpha value is -3.90. The van der Waals surface area contributed by atoms with Gasteiger partial charge in [0.15, 0.2) is 0 Å². The molecule has 0 saturated carbocycles. The van der Waals surface area contributed by atoms with Gasteiger partial charge in [0.1, 0.15) is 0 Å². The van der Waals surface area contributed by atoms with Gasteiger partial charge in [-0.3, -0.25) is 0 Å². The summed E-state index contributed by atoms with van der Waals surface area (Å²) < 4.78 is 0. The smallest absolute Gasteiger partial charge is 0.00204 e. The monoisotopic (exact) mass is 490 g/mol. The summed E-state index contributed by atoms with van der Waals surface area (Å²) >= 11 is 0. The van der Waals surface area contributed by atoms with Gasteiger partial charge < -0.3 is 0 Å². The van der Waals surface area contributed by atoms with Gasteiger partial charge in [-0.25, -0.2) is 0 Å². The standard InChI is InChI=1S/C38H34/c1-23(2)20-24-21-26-15-14-25-16-18-31(30-19-17-27(22-24)34(26)35(25)30)36-28-10-6-8-12-32(28)37(38(3,4)5)33-13-9-7-11-29(33)36/h6-19,21-23H,20H2,1-5H3. The van der Waals surface area contributed by atoms with E-state index in [1.165, 1.54) is 76.1 Å². The van der Waals surface area contributed by atoms with E-state index in [-0.39, 0.29) is 5.41 Å². The van der Waals surface area contributed by atoms with Crippen molar-refractivity contribution in [2.24, 2.45) is 5.92 Å². The zero-order valence-electron chi connectivity index (χ0n) is 23.0. The Balaban J connectivity index is 1.63. The second-order valence-electron chi connectivity index (χ2n) is 12.5. The summed E-state index contributed by atoms with van der Waals surface area (Å²) in [6.45, 7) is 11.6. The molecule has 0 saturated heterocycles. The fourth-order valence-corrected chi connectivity index (χ4v) is 6.92. The maximum Gasteiger partial charge on any atom is -0.00204 e. The van der Waals surface area contributed by atoms with Crippen LogP contribution in [0, 0.1) is 5.92 Å². The summed E-state index contributed by atoms with van der Waals surface area (Å²) in [4.78, 5) is 0. The van der Waals surface area contributed by atoms with Gasteiger partial charge in [0.05, 0.1) is 0 Å². The highest BCUT2D eigenvalue weighted by atomic mass is 14.3. The highest BCUT2D eigenvalue weighted by molar-refractivity contribution is 6.28. The number of benzene rings is 7. The quantitative estimate of drug-likeness (QED) is 0.171. The van der Waals surface area contributed by atoms with Crippen LogP contribution in [0.2, 0.25) is 0 Å². The van der Waals surface area contributed by atoms with Crippen LogP contribution in [0.5, 0.6) is 0 Å². The molecular weight excluding hydrogens is 456 g/mol. The molecule has 0 aromatic heterocycles. The van der Waals surface area contributed by atoms with Gasteiger partial charge >= 0.3 is 0 Å². The highest BCUT2D eigenvalue weighted by Gasteiger charge is 2.24. The lowest BCUT2D eigenvalue weighted by atomic mass is 9.77. The lowest BCUT2D eigenvalue weighted by Crippen LogP contribution is -2.13. The van der Waals surface area contributed by atoms with Crippen LogP contribution >= 0.6 is 0 Å². The minimum atomic E-state index is 0.0358. The van der Waals surface area contributed by atoms with E-state index < -0.39 is 0 Å². The molecule has 0 heteroatoms. The van der Waals surface area contributed by atoms with Crippen molar-refractivity contribution in [3.05, 3.63) is 108 Å². The molecule has 7 aromatic rings. The van der Waals surface area contributed by atoms with Gasteiger partial charge in [0, 0.05) is 0 Å². The van der Waals surface area contributed by atoms with Crippen LogP contribution in [0.4, 0.5) is 0 Å². The Bertz CT molecular complexity index is 1920. The van der Waals surface area contributed by atoms with Crippen LogP contribution in [0.3, 0.4) is 0 Å². The first-order chi connectivity index (χ1) is 18.3. The Morgan fingerprint density at radius 1 is 0.553 bits per heavy atom. The van der Waals surface area contributed by atoms with Crippen molar-refractivity contribution < 1.29 is 0 Å². The summed E-state index contributed by atoms with van der Waals surface area (Å²) in [5.74, 6) is 0.646. The molecule has 0 amide bonds. The molecular formula is C38H34. The third-order valence-electron chi connectivity index (χ3n) is 8.25. The fourth-order valence-electron chi connectivity index (χ4n) is 6.92. The normalized spacial score (nSPS) is 12.7. The van der Waals surface area contributed by atoms with Crippen molar-refractivity contribution in [3.63, 3.8) is 0 Å². The molecule has 7 rings (SSSR count). The average molecular weight is 491 g/mol. The molecule has 0 aliphatic carbocycles. The molecule has 0 spiro atoms. The Labute approximate surface area is 225 Å². The van der Waals surface area contributed by atoms with Crippen LogP contribution in [-0.4, -0.2) is 0 Å². The molecule has 0 unspecified atom stereocenters. The van der Waals surface area contributed by atoms with Crippen LogP contribution < -0.4 is 0 Å². The minimum absolute atomic E-state index is 0.0358. The van der Waals surface area contributed by atoms with E-state index in [0.717, 1.165) is 6.42 Å². The van der Waals surface area contributed by atoms with Gasteiger partial charge in [-0.05, 0) is 93.9 Å². The molecule has 0 N–H and O–H groups in total. The molecule has 0 fully saturated rings. The van der Waals surface area contributed by atoms with E-state index in [0.29, 0.717) is 5.92 Å². The van der Waals surface area contributed by atoms with Crippen molar-refractivity contribution in [1.29, 1.82) is 0 Å². The summed E-state index contributed by atoms with van der Waals surface area (Å²) in [5, 5.41) is 13.5. The lowest BCUT2D eigenvalue weighted by Gasteiger charge is -2.26. The molecule has 0 atom stereocenters. The van der Waals surface area contributed by atoms with Gasteiger partial charge in [0.2, 0.25) is 0 Å². The predicted molar refractivity (Wildman–Crippen MR) is 168 cm³/mol. The van der Waals surface area contributed by atoms with Gasteiger partial charge in [-0.15, -0.1) is 0 Å². The first-order valence-electron chi connectivity index (χ1n) is 14.0. The molecule has 7 aromatic carbocycles. The van der Waals surface area contributed by atoms with Crippen molar-refractivity contribution >= 4 is 53.9 Å². The number of rotatable bonds is 3. The van der Waals surface area contributed by atoms with Gasteiger partial charge in [-0.1, -0.05) is 132 Å². The number of hydrogen-bond acceptors (Lipinski definition) is 0.